The quantitative estimate of drug-likeness (QED) is 0.0335. The summed E-state index contributed by atoms with van der Waals surface area (Å²) in [5, 5.41) is 0. The molecule has 0 radical (unpaired) electrons. The summed E-state index contributed by atoms with van der Waals surface area (Å²) < 4.78 is 1010. The lowest BCUT2D eigenvalue weighted by Gasteiger charge is -2.46. The van der Waals surface area contributed by atoms with Gasteiger partial charge in [-0.15, -0.1) is 6.58 Å². The van der Waals surface area contributed by atoms with Crippen molar-refractivity contribution in [3.05, 3.63) is 12.7 Å². The highest BCUT2D eigenvalue weighted by Gasteiger charge is 2.97. The topological polar surface area (TPSA) is 111 Å². The molecule has 0 fully saturated rings. The van der Waals surface area contributed by atoms with Crippen LogP contribution in [0.4, 0.5) is 312 Å². The zero-order valence-corrected chi connectivity index (χ0v) is 51.9. The molecular weight excluding hydrogens is 2010 g/mol. The van der Waals surface area contributed by atoms with Crippen molar-refractivity contribution < 1.29 is 369 Å². The maximum absolute atomic E-state index is 15.3. The fourth-order valence-corrected chi connectivity index (χ4v) is 6.12. The van der Waals surface area contributed by atoms with E-state index in [1.54, 1.807) is 4.74 Å². The smallest absolute Gasteiger partial charge is 0.371 e. The van der Waals surface area contributed by atoms with E-state index in [1.165, 1.54) is 0 Å². The Kier molecular flexibility index (Phi) is 29.9. The molecule has 0 N–H and O–H groups in total. The van der Waals surface area contributed by atoms with E-state index in [0.717, 1.165) is 4.74 Å². The van der Waals surface area contributed by atoms with Gasteiger partial charge in [-0.05, 0) is 0 Å². The van der Waals surface area contributed by atoms with Crippen LogP contribution in [0.25, 0.3) is 0 Å². The molecule has 0 aromatic carbocycles. The Morgan fingerprint density at radius 1 is 0.148 bits per heavy atom. The van der Waals surface area contributed by atoms with Crippen LogP contribution in [0, 0.1) is 0 Å². The SMILES string of the molecule is C=CCOCC(F)(OC(F)(F)C(F)(OC(F)(F)C(F)(OC(F)(F)C(F)(OC(F)(F)C(F)(OC(F)(F)C(F)(OC(F)(F)C(F)(OC(F)(F)C(F)(OC(F)(F)C(F)(OC(F)(F)C(F)(OC(F)(F)C(F)(OC(F)(F)C(F)(F)C(F)(F)F)C(F)(F)F)C(F)(F)F)C(F)(F)F)C(F)(F)F)C(F)(F)F)C(F)(F)F)C(F)(F)F)C(F)(F)F)C(F)(F)F)C(F)(F)F)C(F)(F)F. The van der Waals surface area contributed by atoms with Crippen molar-refractivity contribution in [1.29, 1.82) is 0 Å². The third kappa shape index (κ3) is 19.6. The molecule has 83 heteroatoms. The Hall–Kier alpha value is -5.71. The minimum atomic E-state index is -10.7. The molecule has 0 bridgehead atoms. The van der Waals surface area contributed by atoms with Crippen molar-refractivity contribution in [2.24, 2.45) is 0 Å². The van der Waals surface area contributed by atoms with Crippen LogP contribution in [0.2, 0.25) is 0 Å². The molecule has 11 atom stereocenters. The van der Waals surface area contributed by atoms with Gasteiger partial charge in [0, 0.05) is 0 Å². The second-order valence-corrected chi connectivity index (χ2v) is 20.8. The summed E-state index contributed by atoms with van der Waals surface area (Å²) in [5.74, 6) is -119. The van der Waals surface area contributed by atoms with Gasteiger partial charge in [-0.2, -0.15) is 312 Å². The van der Waals surface area contributed by atoms with Crippen LogP contribution in [0.5, 0.6) is 0 Å². The van der Waals surface area contributed by atoms with Crippen LogP contribution in [0.3, 0.4) is 0 Å². The summed E-state index contributed by atoms with van der Waals surface area (Å²) in [4.78, 5) is 0. The van der Waals surface area contributed by atoms with Crippen LogP contribution in [0.1, 0.15) is 0 Å². The first-order valence-corrected chi connectivity index (χ1v) is 25.4. The second kappa shape index (κ2) is 31.3. The van der Waals surface area contributed by atoms with Crippen LogP contribution in [-0.2, 0) is 56.8 Å². The predicted molar refractivity (Wildman–Crippen MR) is 207 cm³/mol. The summed E-state index contributed by atoms with van der Waals surface area (Å²) in [6.45, 7) is -3.06. The molecule has 0 spiro atoms. The molecule has 0 aliphatic heterocycles. The molecule has 0 aliphatic rings. The van der Waals surface area contributed by atoms with E-state index in [2.05, 4.69) is 11.3 Å². The minimum Gasteiger partial charge on any atom is -0.371 e. The van der Waals surface area contributed by atoms with Gasteiger partial charge < -0.3 is 4.74 Å². The molecule has 0 aromatic rings. The first-order valence-electron chi connectivity index (χ1n) is 25.4. The summed E-state index contributed by atoms with van der Waals surface area (Å²) in [6.07, 6.45) is -226. The van der Waals surface area contributed by atoms with Crippen molar-refractivity contribution in [3.8, 4) is 0 Å². The van der Waals surface area contributed by atoms with Crippen molar-refractivity contribution in [2.45, 2.75) is 212 Å². The second-order valence-electron chi connectivity index (χ2n) is 20.8. The number of halogens is 71. The van der Waals surface area contributed by atoms with Gasteiger partial charge in [0.25, 0.3) is 0 Å². The Morgan fingerprint density at radius 2 is 0.262 bits per heavy atom. The van der Waals surface area contributed by atoms with Gasteiger partial charge in [0.2, 0.25) is 0 Å². The molecule has 732 valence electrons. The van der Waals surface area contributed by atoms with Gasteiger partial charge in [-0.25, -0.2) is 0 Å². The summed E-state index contributed by atoms with van der Waals surface area (Å²) in [7, 11) is 0. The van der Waals surface area contributed by atoms with Gasteiger partial charge in [0.15, 0.2) is 0 Å². The molecule has 0 aromatic heterocycles. The molecule has 0 rings (SSSR count). The standard InChI is InChI=1S/C39H7F71O12/c1-2-3-111-4-5(40,17(53,54)55)112-30(91,92)7(43,19(59,60)61)114-32(95,96)9(45,21(65,66)67)116-34(99,100)11(47,23(71,72)73)118-36(103,104)13(49,25(77,78)79)120-38(107,108)15(51,27(83,84)85)122-39(109,110)16(52,28(86,87)88)121-37(105,106)14(50,26(80,81)82)119-35(101,102)12(48,24(74,75)76)117-33(97,98)10(46,22(68,69)70)115-31(93,94)8(44,20(62,63)64)113-29(89,90)6(41,42)18(56,57)58/h2H,1,3-4H2. The number of ether oxygens (including phenoxy) is 12. The molecule has 0 saturated heterocycles. The van der Waals surface area contributed by atoms with Crippen LogP contribution < -0.4 is 0 Å². The van der Waals surface area contributed by atoms with E-state index >= 15 is 30.7 Å². The maximum Gasteiger partial charge on any atom is 0.462 e. The number of hydrogen-bond donors (Lipinski definition) is 0. The van der Waals surface area contributed by atoms with E-state index in [-0.39, 0.29) is 25.0 Å². The van der Waals surface area contributed by atoms with Crippen LogP contribution >= 0.6 is 0 Å². The fourth-order valence-electron chi connectivity index (χ4n) is 6.12. The summed E-state index contributed by atoms with van der Waals surface area (Å²) in [6, 6.07) is 0. The summed E-state index contributed by atoms with van der Waals surface area (Å²) >= 11 is 0. The largest absolute Gasteiger partial charge is 0.462 e. The highest BCUT2D eigenvalue weighted by Crippen LogP contribution is 2.68. The van der Waals surface area contributed by atoms with Crippen molar-refractivity contribution in [1.82, 2.24) is 0 Å². The molecule has 0 saturated carbocycles. The monoisotopic (exact) mass is 2020 g/mol. The normalized spacial score (nSPS) is 21.3. The highest BCUT2D eigenvalue weighted by molar-refractivity contribution is 5.05. The molecular formula is C39H7F71O12. The lowest BCUT2D eigenvalue weighted by molar-refractivity contribution is -0.614. The first kappa shape index (κ1) is 116. The van der Waals surface area contributed by atoms with Gasteiger partial charge >= 0.3 is 212 Å². The van der Waals surface area contributed by atoms with E-state index < -0.39 is 225 Å². The molecule has 12 nitrogen and oxygen atoms in total. The molecule has 11 unspecified atom stereocenters. The predicted octanol–water partition coefficient (Wildman–Crippen LogP) is 22.6. The van der Waals surface area contributed by atoms with E-state index in [4.69, 9.17) is 0 Å². The Labute approximate surface area is 607 Å². The minimum absolute atomic E-state index is 0.0177. The van der Waals surface area contributed by atoms with E-state index in [1.807, 2.05) is 0 Å². The number of hydrogen-bond acceptors (Lipinski definition) is 12. The Morgan fingerprint density at radius 3 is 0.361 bits per heavy atom. The zero-order valence-electron chi connectivity index (χ0n) is 51.9. The molecule has 122 heavy (non-hydrogen) atoms. The number of alkyl halides is 71. The molecule has 0 heterocycles. The fraction of sp³-hybridized carbons (Fsp3) is 0.949. The van der Waals surface area contributed by atoms with E-state index in [9.17, 15) is 281 Å². The summed E-state index contributed by atoms with van der Waals surface area (Å²) in [5.41, 5.74) is 0. The number of rotatable bonds is 37. The molecule has 0 aliphatic carbocycles. The van der Waals surface area contributed by atoms with Crippen molar-refractivity contribution in [3.63, 3.8) is 0 Å². The van der Waals surface area contributed by atoms with Crippen LogP contribution in [-0.4, -0.2) is 225 Å². The highest BCUT2D eigenvalue weighted by atomic mass is 19.5. The maximum atomic E-state index is 15.3. The van der Waals surface area contributed by atoms with Crippen molar-refractivity contribution in [2.75, 3.05) is 13.2 Å². The molecule has 0 amide bonds. The van der Waals surface area contributed by atoms with Gasteiger partial charge in [0.05, 0.1) is 6.61 Å². The van der Waals surface area contributed by atoms with Crippen molar-refractivity contribution >= 4 is 0 Å². The third-order valence-corrected chi connectivity index (χ3v) is 12.0. The van der Waals surface area contributed by atoms with Gasteiger partial charge in [-0.3, -0.25) is 52.1 Å². The average Bonchev–Trinajstić information content (AvgIpc) is 0.707. The first-order chi connectivity index (χ1) is 51.6. The lowest BCUT2D eigenvalue weighted by atomic mass is 10.1. The lowest BCUT2D eigenvalue weighted by Crippen LogP contribution is -2.74. The Bertz CT molecular complexity index is 3520. The zero-order chi connectivity index (χ0) is 100. The van der Waals surface area contributed by atoms with Gasteiger partial charge in [-0.1, -0.05) is 6.08 Å². The Balaban J connectivity index is 9.03. The third-order valence-electron chi connectivity index (χ3n) is 12.0. The van der Waals surface area contributed by atoms with Gasteiger partial charge in [0.1, 0.15) is 6.61 Å². The van der Waals surface area contributed by atoms with E-state index in [0.29, 0.717) is 23.7 Å². The average molecular weight is 2020 g/mol. The van der Waals surface area contributed by atoms with Crippen LogP contribution in [0.15, 0.2) is 12.7 Å².